The minimum Gasteiger partial charge on any atom is -0.474 e. The molecule has 8 nitrogen and oxygen atoms in total. The van der Waals surface area contributed by atoms with Gasteiger partial charge in [0, 0.05) is 36.7 Å². The van der Waals surface area contributed by atoms with Gasteiger partial charge >= 0.3 is 0 Å². The van der Waals surface area contributed by atoms with Crippen LogP contribution in [-0.4, -0.2) is 44.3 Å². The van der Waals surface area contributed by atoms with E-state index < -0.39 is 0 Å². The third-order valence-electron chi connectivity index (χ3n) is 4.48. The number of H-pyrrole nitrogens is 1. The van der Waals surface area contributed by atoms with Crippen LogP contribution in [0.25, 0.3) is 22.2 Å². The van der Waals surface area contributed by atoms with Crippen molar-refractivity contribution in [2.24, 2.45) is 0 Å². The molecule has 4 rings (SSSR count). The Hall–Kier alpha value is -2.92. The first-order chi connectivity index (χ1) is 12.7. The predicted molar refractivity (Wildman–Crippen MR) is 94.7 cm³/mol. The van der Waals surface area contributed by atoms with Crippen molar-refractivity contribution in [3.63, 3.8) is 0 Å². The van der Waals surface area contributed by atoms with Gasteiger partial charge < -0.3 is 9.47 Å². The highest BCUT2D eigenvalue weighted by Crippen LogP contribution is 2.34. The second-order valence-electron chi connectivity index (χ2n) is 6.65. The minimum atomic E-state index is 0.0227. The van der Waals surface area contributed by atoms with Crippen molar-refractivity contribution in [1.82, 2.24) is 25.0 Å². The van der Waals surface area contributed by atoms with Crippen LogP contribution in [0.3, 0.4) is 0 Å². The van der Waals surface area contributed by atoms with Gasteiger partial charge in [0.1, 0.15) is 23.6 Å². The summed E-state index contributed by atoms with van der Waals surface area (Å²) in [7, 11) is 0. The zero-order chi connectivity index (χ0) is 18.1. The second kappa shape index (κ2) is 6.77. The lowest BCUT2D eigenvalue weighted by molar-refractivity contribution is 0.0244. The number of fused-ring (bicyclic) bond motifs is 1. The normalized spacial score (nSPS) is 15.5. The molecule has 0 radical (unpaired) electrons. The molecule has 8 heteroatoms. The molecule has 26 heavy (non-hydrogen) atoms. The number of nitrogens with one attached hydrogen (secondary N) is 1. The molecule has 1 aliphatic rings. The molecular weight excluding hydrogens is 332 g/mol. The van der Waals surface area contributed by atoms with E-state index in [1.807, 2.05) is 10.9 Å². The number of aromatic nitrogens is 5. The maximum absolute atomic E-state index is 9.28. The number of hydrogen-bond acceptors (Lipinski definition) is 6. The van der Waals surface area contributed by atoms with Gasteiger partial charge in [-0.15, -0.1) is 0 Å². The van der Waals surface area contributed by atoms with E-state index in [2.05, 4.69) is 40.2 Å². The molecule has 1 aliphatic heterocycles. The quantitative estimate of drug-likeness (QED) is 0.775. The first-order valence-electron chi connectivity index (χ1n) is 8.74. The molecule has 1 fully saturated rings. The lowest BCUT2D eigenvalue weighted by atomic mass is 10.1. The lowest BCUT2D eigenvalue weighted by Crippen LogP contribution is -2.26. The number of aromatic amines is 1. The highest BCUT2D eigenvalue weighted by Gasteiger charge is 2.22. The fraction of sp³-hybridized carbons (Fsp3) is 0.444. The predicted octanol–water partition coefficient (Wildman–Crippen LogP) is 2.83. The van der Waals surface area contributed by atoms with Crippen molar-refractivity contribution in [1.29, 1.82) is 5.26 Å². The molecule has 0 atom stereocenters. The van der Waals surface area contributed by atoms with Crippen molar-refractivity contribution >= 4 is 10.9 Å². The van der Waals surface area contributed by atoms with E-state index in [1.165, 1.54) is 0 Å². The molecule has 0 aromatic carbocycles. The smallest absolute Gasteiger partial charge is 0.226 e. The molecule has 0 bridgehead atoms. The summed E-state index contributed by atoms with van der Waals surface area (Å²) < 4.78 is 13.4. The van der Waals surface area contributed by atoms with Gasteiger partial charge in [0.15, 0.2) is 0 Å². The molecule has 0 aliphatic carbocycles. The number of nitriles is 1. The summed E-state index contributed by atoms with van der Waals surface area (Å²) in [5.41, 5.74) is 2.64. The molecular formula is C18H20N6O2. The number of hydrogen-bond donors (Lipinski definition) is 1. The number of rotatable bonds is 4. The van der Waals surface area contributed by atoms with Gasteiger partial charge in [-0.25, -0.2) is 4.98 Å². The van der Waals surface area contributed by atoms with Crippen LogP contribution in [0.4, 0.5) is 0 Å². The van der Waals surface area contributed by atoms with Crippen LogP contribution in [0.15, 0.2) is 18.5 Å². The highest BCUT2D eigenvalue weighted by atomic mass is 16.5. The van der Waals surface area contributed by atoms with Crippen molar-refractivity contribution in [2.75, 3.05) is 13.2 Å². The van der Waals surface area contributed by atoms with E-state index in [0.29, 0.717) is 24.8 Å². The van der Waals surface area contributed by atoms with Gasteiger partial charge in [0.25, 0.3) is 0 Å². The van der Waals surface area contributed by atoms with Crippen molar-refractivity contribution in [2.45, 2.75) is 38.8 Å². The lowest BCUT2D eigenvalue weighted by Gasteiger charge is -2.23. The summed E-state index contributed by atoms with van der Waals surface area (Å²) in [5.74, 6) is 0.437. The second-order valence-corrected chi connectivity index (χ2v) is 6.65. The third kappa shape index (κ3) is 3.02. The molecule has 1 saturated heterocycles. The Morgan fingerprint density at radius 1 is 1.38 bits per heavy atom. The Bertz CT molecular complexity index is 962. The summed E-state index contributed by atoms with van der Waals surface area (Å²) in [4.78, 5) is 4.40. The maximum Gasteiger partial charge on any atom is 0.226 e. The van der Waals surface area contributed by atoms with E-state index in [9.17, 15) is 5.26 Å². The van der Waals surface area contributed by atoms with E-state index in [0.717, 1.165) is 35.0 Å². The molecule has 0 saturated carbocycles. The fourth-order valence-electron chi connectivity index (χ4n) is 3.06. The molecule has 0 amide bonds. The van der Waals surface area contributed by atoms with Gasteiger partial charge in [0.2, 0.25) is 5.88 Å². The molecule has 0 unspecified atom stereocenters. The van der Waals surface area contributed by atoms with Crippen molar-refractivity contribution in [3.05, 3.63) is 24.2 Å². The molecule has 0 spiro atoms. The van der Waals surface area contributed by atoms with E-state index in [4.69, 9.17) is 9.47 Å². The van der Waals surface area contributed by atoms with E-state index >= 15 is 0 Å². The Labute approximate surface area is 150 Å². The van der Waals surface area contributed by atoms with E-state index in [1.54, 1.807) is 12.3 Å². The Morgan fingerprint density at radius 2 is 2.19 bits per heavy atom. The number of ether oxygens (including phenoxy) is 2. The van der Waals surface area contributed by atoms with Gasteiger partial charge in [-0.2, -0.15) is 15.5 Å². The monoisotopic (exact) mass is 352 g/mol. The van der Waals surface area contributed by atoms with Gasteiger partial charge in [-0.3, -0.25) is 9.78 Å². The zero-order valence-electron chi connectivity index (χ0n) is 14.8. The molecule has 4 heterocycles. The average Bonchev–Trinajstić information content (AvgIpc) is 3.29. The van der Waals surface area contributed by atoms with Crippen LogP contribution in [0.5, 0.6) is 5.88 Å². The van der Waals surface area contributed by atoms with Crippen molar-refractivity contribution < 1.29 is 9.47 Å². The summed E-state index contributed by atoms with van der Waals surface area (Å²) in [6.07, 6.45) is 5.37. The summed E-state index contributed by atoms with van der Waals surface area (Å²) in [6, 6.07) is 4.03. The minimum absolute atomic E-state index is 0.0227. The zero-order valence-corrected chi connectivity index (χ0v) is 14.8. The summed E-state index contributed by atoms with van der Waals surface area (Å²) >= 11 is 0. The highest BCUT2D eigenvalue weighted by molar-refractivity contribution is 5.96. The van der Waals surface area contributed by atoms with Crippen LogP contribution in [-0.2, 0) is 4.74 Å². The molecule has 3 aromatic rings. The van der Waals surface area contributed by atoms with Crippen LogP contribution in [0.2, 0.25) is 0 Å². The van der Waals surface area contributed by atoms with Crippen LogP contribution in [0.1, 0.15) is 38.4 Å². The van der Waals surface area contributed by atoms with Gasteiger partial charge in [-0.05, 0) is 13.8 Å². The third-order valence-corrected chi connectivity index (χ3v) is 4.48. The Morgan fingerprint density at radius 3 is 2.88 bits per heavy atom. The SMILES string of the molecule is CC(C)n1cc(-c2n[nH]c3cc(C#N)nc(OC4CCOCC4)c23)cn1. The first-order valence-corrected chi connectivity index (χ1v) is 8.74. The topological polar surface area (TPSA) is 102 Å². The Kier molecular flexibility index (Phi) is 4.31. The molecule has 1 N–H and O–H groups in total. The maximum atomic E-state index is 9.28. The van der Waals surface area contributed by atoms with Crippen LogP contribution in [0, 0.1) is 11.3 Å². The summed E-state index contributed by atoms with van der Waals surface area (Å²) in [6.45, 7) is 5.48. The fourth-order valence-corrected chi connectivity index (χ4v) is 3.06. The Balaban J connectivity index is 1.80. The number of pyridine rings is 1. The average molecular weight is 352 g/mol. The first kappa shape index (κ1) is 16.5. The van der Waals surface area contributed by atoms with E-state index in [-0.39, 0.29) is 12.1 Å². The number of nitrogens with zero attached hydrogens (tertiary/aromatic N) is 5. The van der Waals surface area contributed by atoms with Crippen molar-refractivity contribution in [3.8, 4) is 23.2 Å². The molecule has 134 valence electrons. The summed E-state index contributed by atoms with van der Waals surface area (Å²) in [5, 5.41) is 21.9. The molecule has 3 aromatic heterocycles. The van der Waals surface area contributed by atoms with Crippen LogP contribution < -0.4 is 4.74 Å². The largest absolute Gasteiger partial charge is 0.474 e. The van der Waals surface area contributed by atoms with Crippen LogP contribution >= 0.6 is 0 Å². The van der Waals surface area contributed by atoms with Gasteiger partial charge in [0.05, 0.1) is 30.3 Å². The van der Waals surface area contributed by atoms with Gasteiger partial charge in [-0.1, -0.05) is 0 Å². The standard InChI is InChI=1S/C18H20N6O2/c1-11(2)24-10-12(9-20-24)17-16-15(22-23-17)7-13(8-19)21-18(16)26-14-3-5-25-6-4-14/h7,9-11,14H,3-6H2,1-2H3,(H,22,23).